The van der Waals surface area contributed by atoms with Gasteiger partial charge in [-0.05, 0) is 28.8 Å². The Bertz CT molecular complexity index is 748. The van der Waals surface area contributed by atoms with E-state index in [1.165, 1.54) is 0 Å². The molecule has 0 radical (unpaired) electrons. The molecule has 0 fully saturated rings. The lowest BCUT2D eigenvalue weighted by Crippen LogP contribution is -2.12. The number of rotatable bonds is 3. The number of hydrogen-bond donors (Lipinski definition) is 2. The standard InChI is InChI=1S/C16H17N3O/c1-10-19-14-8-13(5-6-15(14)20-10)16(18)12-4-2-3-11(7-12)9-17/h2-8,16H,9,17-18H2,1H3. The maximum absolute atomic E-state index is 6.34. The highest BCUT2D eigenvalue weighted by Crippen LogP contribution is 2.24. The molecule has 2 aromatic carbocycles. The number of oxazole rings is 1. The number of aryl methyl sites for hydroxylation is 1. The third kappa shape index (κ3) is 2.31. The van der Waals surface area contributed by atoms with Gasteiger partial charge in [0.25, 0.3) is 0 Å². The smallest absolute Gasteiger partial charge is 0.192 e. The van der Waals surface area contributed by atoms with Gasteiger partial charge in [-0.1, -0.05) is 30.3 Å². The van der Waals surface area contributed by atoms with Gasteiger partial charge >= 0.3 is 0 Å². The van der Waals surface area contributed by atoms with Crippen molar-refractivity contribution < 1.29 is 4.42 Å². The third-order valence-corrected chi connectivity index (χ3v) is 3.42. The molecular formula is C16H17N3O. The highest BCUT2D eigenvalue weighted by atomic mass is 16.3. The van der Waals surface area contributed by atoms with Crippen LogP contribution in [0.4, 0.5) is 0 Å². The molecule has 0 saturated heterocycles. The molecule has 0 aliphatic rings. The van der Waals surface area contributed by atoms with E-state index in [1.807, 2.05) is 49.4 Å². The molecule has 4 nitrogen and oxygen atoms in total. The SMILES string of the molecule is Cc1nc2cc(C(N)c3cccc(CN)c3)ccc2o1. The number of benzene rings is 2. The first-order valence-corrected chi connectivity index (χ1v) is 6.59. The predicted octanol–water partition coefficient (Wildman–Crippen LogP) is 2.64. The first kappa shape index (κ1) is 12.8. The number of hydrogen-bond acceptors (Lipinski definition) is 4. The molecule has 0 amide bonds. The molecule has 102 valence electrons. The summed E-state index contributed by atoms with van der Waals surface area (Å²) in [7, 11) is 0. The van der Waals surface area contributed by atoms with Gasteiger partial charge in [0.05, 0.1) is 6.04 Å². The van der Waals surface area contributed by atoms with Crippen LogP contribution in [0.1, 0.15) is 28.6 Å². The van der Waals surface area contributed by atoms with Crippen LogP contribution >= 0.6 is 0 Å². The van der Waals surface area contributed by atoms with E-state index in [4.69, 9.17) is 15.9 Å². The van der Waals surface area contributed by atoms with Gasteiger partial charge in [-0.25, -0.2) is 4.98 Å². The monoisotopic (exact) mass is 267 g/mol. The molecule has 1 unspecified atom stereocenters. The molecule has 1 aromatic heterocycles. The second-order valence-corrected chi connectivity index (χ2v) is 4.89. The second kappa shape index (κ2) is 5.07. The summed E-state index contributed by atoms with van der Waals surface area (Å²) in [6, 6.07) is 13.7. The molecule has 0 bridgehead atoms. The summed E-state index contributed by atoms with van der Waals surface area (Å²) in [5, 5.41) is 0. The lowest BCUT2D eigenvalue weighted by Gasteiger charge is -2.13. The maximum Gasteiger partial charge on any atom is 0.192 e. The molecule has 4 heteroatoms. The molecule has 1 heterocycles. The minimum absolute atomic E-state index is 0.192. The molecule has 0 spiro atoms. The summed E-state index contributed by atoms with van der Waals surface area (Å²) in [6.45, 7) is 2.35. The number of nitrogens with two attached hydrogens (primary N) is 2. The molecule has 1 atom stereocenters. The molecule has 20 heavy (non-hydrogen) atoms. The second-order valence-electron chi connectivity index (χ2n) is 4.89. The molecule has 0 aliphatic carbocycles. The molecule has 0 saturated carbocycles. The minimum atomic E-state index is -0.192. The first-order chi connectivity index (χ1) is 9.67. The van der Waals surface area contributed by atoms with E-state index >= 15 is 0 Å². The number of nitrogens with zero attached hydrogens (tertiary/aromatic N) is 1. The average molecular weight is 267 g/mol. The van der Waals surface area contributed by atoms with E-state index < -0.39 is 0 Å². The van der Waals surface area contributed by atoms with E-state index in [1.54, 1.807) is 0 Å². The fraction of sp³-hybridized carbons (Fsp3) is 0.188. The molecule has 3 aromatic rings. The van der Waals surface area contributed by atoms with Crippen molar-refractivity contribution in [3.05, 3.63) is 65.0 Å². The molecule has 0 aliphatic heterocycles. The van der Waals surface area contributed by atoms with Crippen LogP contribution in [0, 0.1) is 6.92 Å². The van der Waals surface area contributed by atoms with Crippen LogP contribution in [0.3, 0.4) is 0 Å². The van der Waals surface area contributed by atoms with Crippen LogP contribution in [0.25, 0.3) is 11.1 Å². The van der Waals surface area contributed by atoms with Crippen molar-refractivity contribution in [1.82, 2.24) is 4.98 Å². The lowest BCUT2D eigenvalue weighted by atomic mass is 9.98. The Kier molecular flexibility index (Phi) is 3.26. The van der Waals surface area contributed by atoms with Crippen molar-refractivity contribution in [2.75, 3.05) is 0 Å². The number of fused-ring (bicyclic) bond motifs is 1. The van der Waals surface area contributed by atoms with Crippen LogP contribution in [0.5, 0.6) is 0 Å². The molecule has 3 rings (SSSR count). The van der Waals surface area contributed by atoms with Crippen molar-refractivity contribution in [2.45, 2.75) is 19.5 Å². The zero-order chi connectivity index (χ0) is 14.1. The minimum Gasteiger partial charge on any atom is -0.441 e. The Morgan fingerprint density at radius 1 is 1.15 bits per heavy atom. The van der Waals surface area contributed by atoms with Crippen LogP contribution in [-0.4, -0.2) is 4.98 Å². The summed E-state index contributed by atoms with van der Waals surface area (Å²) in [6.07, 6.45) is 0. The Morgan fingerprint density at radius 3 is 2.75 bits per heavy atom. The van der Waals surface area contributed by atoms with Crippen molar-refractivity contribution in [1.29, 1.82) is 0 Å². The van der Waals surface area contributed by atoms with E-state index in [0.717, 1.165) is 27.8 Å². The number of aromatic nitrogens is 1. The van der Waals surface area contributed by atoms with E-state index in [9.17, 15) is 0 Å². The van der Waals surface area contributed by atoms with Gasteiger partial charge < -0.3 is 15.9 Å². The van der Waals surface area contributed by atoms with Gasteiger partial charge in [0.15, 0.2) is 11.5 Å². The predicted molar refractivity (Wildman–Crippen MR) is 79.1 cm³/mol. The Morgan fingerprint density at radius 2 is 1.95 bits per heavy atom. The van der Waals surface area contributed by atoms with Gasteiger partial charge in [0.1, 0.15) is 5.52 Å². The van der Waals surface area contributed by atoms with Gasteiger partial charge in [0, 0.05) is 13.5 Å². The summed E-state index contributed by atoms with van der Waals surface area (Å²) in [5.41, 5.74) is 16.8. The largest absolute Gasteiger partial charge is 0.441 e. The van der Waals surface area contributed by atoms with E-state index in [0.29, 0.717) is 12.4 Å². The Balaban J connectivity index is 2.00. The van der Waals surface area contributed by atoms with Gasteiger partial charge in [-0.2, -0.15) is 0 Å². The van der Waals surface area contributed by atoms with Crippen molar-refractivity contribution in [3.63, 3.8) is 0 Å². The highest BCUT2D eigenvalue weighted by Gasteiger charge is 2.11. The van der Waals surface area contributed by atoms with Crippen LogP contribution < -0.4 is 11.5 Å². The average Bonchev–Trinajstić information content (AvgIpc) is 2.85. The van der Waals surface area contributed by atoms with Crippen LogP contribution in [0.15, 0.2) is 46.9 Å². The van der Waals surface area contributed by atoms with Crippen LogP contribution in [-0.2, 0) is 6.54 Å². The molecular weight excluding hydrogens is 250 g/mol. The topological polar surface area (TPSA) is 78.1 Å². The zero-order valence-electron chi connectivity index (χ0n) is 11.3. The Hall–Kier alpha value is -2.17. The van der Waals surface area contributed by atoms with Crippen molar-refractivity contribution in [2.24, 2.45) is 11.5 Å². The van der Waals surface area contributed by atoms with Gasteiger partial charge in [-0.15, -0.1) is 0 Å². The van der Waals surface area contributed by atoms with E-state index in [-0.39, 0.29) is 6.04 Å². The van der Waals surface area contributed by atoms with E-state index in [2.05, 4.69) is 4.98 Å². The van der Waals surface area contributed by atoms with Crippen molar-refractivity contribution >= 4 is 11.1 Å². The fourth-order valence-corrected chi connectivity index (χ4v) is 2.36. The highest BCUT2D eigenvalue weighted by molar-refractivity contribution is 5.73. The summed E-state index contributed by atoms with van der Waals surface area (Å²) < 4.78 is 5.48. The quantitative estimate of drug-likeness (QED) is 0.764. The fourth-order valence-electron chi connectivity index (χ4n) is 2.36. The Labute approximate surface area is 117 Å². The lowest BCUT2D eigenvalue weighted by molar-refractivity contribution is 0.561. The summed E-state index contributed by atoms with van der Waals surface area (Å²) in [4.78, 5) is 4.34. The summed E-state index contributed by atoms with van der Waals surface area (Å²) in [5.74, 6) is 0.663. The summed E-state index contributed by atoms with van der Waals surface area (Å²) >= 11 is 0. The maximum atomic E-state index is 6.34. The van der Waals surface area contributed by atoms with Gasteiger partial charge in [-0.3, -0.25) is 0 Å². The first-order valence-electron chi connectivity index (χ1n) is 6.59. The van der Waals surface area contributed by atoms with Crippen molar-refractivity contribution in [3.8, 4) is 0 Å². The zero-order valence-corrected chi connectivity index (χ0v) is 11.3. The van der Waals surface area contributed by atoms with Crippen LogP contribution in [0.2, 0.25) is 0 Å². The molecule has 4 N–H and O–H groups in total. The van der Waals surface area contributed by atoms with Gasteiger partial charge in [0.2, 0.25) is 0 Å². The third-order valence-electron chi connectivity index (χ3n) is 3.42. The normalized spacial score (nSPS) is 12.8.